The maximum Gasteiger partial charge on any atom is 0.0271 e. The third-order valence-electron chi connectivity index (χ3n) is 2.40. The first-order valence-electron chi connectivity index (χ1n) is 4.37. The lowest BCUT2D eigenvalue weighted by Gasteiger charge is -2.36. The van der Waals surface area contributed by atoms with Crippen LogP contribution in [0.3, 0.4) is 0 Å². The van der Waals surface area contributed by atoms with Crippen molar-refractivity contribution in [3.8, 4) is 0 Å². The molecule has 2 unspecified atom stereocenters. The normalized spacial score (nSPS) is 33.8. The monoisotopic (exact) mass is 219 g/mol. The van der Waals surface area contributed by atoms with Crippen LogP contribution in [0.1, 0.15) is 33.6 Å². The Balaban J connectivity index is 2.39. The van der Waals surface area contributed by atoms with Crippen LogP contribution in [0, 0.1) is 5.41 Å². The zero-order chi connectivity index (χ0) is 8.48. The summed E-state index contributed by atoms with van der Waals surface area (Å²) in [6, 6.07) is 0.705. The Kier molecular flexibility index (Phi) is 2.98. The van der Waals surface area contributed by atoms with E-state index in [2.05, 4.69) is 42.0 Å². The second-order valence-corrected chi connectivity index (χ2v) is 5.80. The maximum atomic E-state index is 3.62. The molecule has 1 aliphatic rings. The average molecular weight is 220 g/mol. The molecule has 2 atom stereocenters. The molecule has 2 heteroatoms. The predicted molar refractivity (Wildman–Crippen MR) is 53.2 cm³/mol. The molecule has 0 radical (unpaired) electrons. The molecular weight excluding hydrogens is 202 g/mol. The number of nitrogens with one attached hydrogen (secondary N) is 1. The molecule has 0 saturated carbocycles. The molecule has 0 aromatic heterocycles. The number of halogens is 1. The molecule has 0 amide bonds. The molecule has 66 valence electrons. The van der Waals surface area contributed by atoms with Crippen LogP contribution >= 0.6 is 15.9 Å². The molecule has 1 rings (SSSR count). The van der Waals surface area contributed by atoms with Crippen LogP contribution in [0.2, 0.25) is 0 Å². The van der Waals surface area contributed by atoms with Gasteiger partial charge in [-0.05, 0) is 18.3 Å². The van der Waals surface area contributed by atoms with Gasteiger partial charge in [0.15, 0.2) is 0 Å². The molecule has 1 aliphatic heterocycles. The summed E-state index contributed by atoms with van der Waals surface area (Å²) in [5.74, 6) is 0. The third kappa shape index (κ3) is 2.75. The van der Waals surface area contributed by atoms with E-state index in [1.807, 2.05) is 0 Å². The first kappa shape index (κ1) is 9.53. The Morgan fingerprint density at radius 2 is 1.91 bits per heavy atom. The Hall–Kier alpha value is 0.440. The van der Waals surface area contributed by atoms with Crippen LogP contribution < -0.4 is 5.32 Å². The van der Waals surface area contributed by atoms with Gasteiger partial charge in [-0.25, -0.2) is 0 Å². The summed E-state index contributed by atoms with van der Waals surface area (Å²) in [5, 5.41) is 3.56. The smallest absolute Gasteiger partial charge is 0.0271 e. The molecule has 1 fully saturated rings. The van der Waals surface area contributed by atoms with Gasteiger partial charge in [0, 0.05) is 17.4 Å². The highest BCUT2D eigenvalue weighted by atomic mass is 79.9. The number of rotatable bonds is 0. The van der Waals surface area contributed by atoms with Crippen LogP contribution in [0.4, 0.5) is 0 Å². The fraction of sp³-hybridized carbons (Fsp3) is 1.00. The lowest BCUT2D eigenvalue weighted by atomic mass is 9.82. The minimum atomic E-state index is 0.424. The third-order valence-corrected chi connectivity index (χ3v) is 3.18. The van der Waals surface area contributed by atoms with E-state index in [0.717, 1.165) is 6.54 Å². The van der Waals surface area contributed by atoms with Crippen molar-refractivity contribution in [3.63, 3.8) is 0 Å². The second kappa shape index (κ2) is 3.44. The Bertz CT molecular complexity index is 120. The zero-order valence-electron chi connectivity index (χ0n) is 7.65. The molecule has 0 aliphatic carbocycles. The van der Waals surface area contributed by atoms with Crippen molar-refractivity contribution in [3.05, 3.63) is 0 Å². The molecule has 1 N–H and O–H groups in total. The zero-order valence-corrected chi connectivity index (χ0v) is 9.24. The quantitative estimate of drug-likeness (QED) is 0.618. The second-order valence-electron chi connectivity index (χ2n) is 4.50. The van der Waals surface area contributed by atoms with Crippen LogP contribution in [-0.2, 0) is 0 Å². The summed E-state index contributed by atoms with van der Waals surface area (Å²) in [4.78, 5) is 0.695. The van der Waals surface area contributed by atoms with Crippen molar-refractivity contribution in [2.45, 2.75) is 44.5 Å². The van der Waals surface area contributed by atoms with E-state index in [1.165, 1.54) is 12.8 Å². The van der Waals surface area contributed by atoms with Gasteiger partial charge in [0.1, 0.15) is 0 Å². The molecule has 11 heavy (non-hydrogen) atoms. The molecule has 0 aromatic rings. The van der Waals surface area contributed by atoms with E-state index in [1.54, 1.807) is 0 Å². The van der Waals surface area contributed by atoms with Gasteiger partial charge in [-0.3, -0.25) is 0 Å². The largest absolute Gasteiger partial charge is 0.312 e. The lowest BCUT2D eigenvalue weighted by molar-refractivity contribution is 0.230. The van der Waals surface area contributed by atoms with E-state index < -0.39 is 0 Å². The summed E-state index contributed by atoms with van der Waals surface area (Å²) in [6.45, 7) is 8.04. The van der Waals surface area contributed by atoms with Crippen LogP contribution in [-0.4, -0.2) is 17.4 Å². The Labute approximate surface area is 78.1 Å². The SMILES string of the molecule is CC(C)(C)C1CCC(Br)CN1. The number of piperidine rings is 1. The molecule has 0 spiro atoms. The van der Waals surface area contributed by atoms with Gasteiger partial charge in [0.05, 0.1) is 0 Å². The molecule has 1 heterocycles. The van der Waals surface area contributed by atoms with Gasteiger partial charge in [-0.2, -0.15) is 0 Å². The predicted octanol–water partition coefficient (Wildman–Crippen LogP) is 2.55. The van der Waals surface area contributed by atoms with E-state index in [4.69, 9.17) is 0 Å². The fourth-order valence-electron chi connectivity index (χ4n) is 1.56. The maximum absolute atomic E-state index is 3.62. The average Bonchev–Trinajstić information content (AvgIpc) is 1.86. The van der Waals surface area contributed by atoms with E-state index in [-0.39, 0.29) is 0 Å². The van der Waals surface area contributed by atoms with Crippen molar-refractivity contribution in [1.29, 1.82) is 0 Å². The molecule has 0 aromatic carbocycles. The number of hydrogen-bond donors (Lipinski definition) is 1. The minimum Gasteiger partial charge on any atom is -0.312 e. The van der Waals surface area contributed by atoms with Crippen molar-refractivity contribution in [1.82, 2.24) is 5.32 Å². The van der Waals surface area contributed by atoms with Crippen molar-refractivity contribution in [2.75, 3.05) is 6.54 Å². The summed E-state index contributed by atoms with van der Waals surface area (Å²) in [5.41, 5.74) is 0.424. The first-order chi connectivity index (χ1) is 5.00. The van der Waals surface area contributed by atoms with Gasteiger partial charge >= 0.3 is 0 Å². The first-order valence-corrected chi connectivity index (χ1v) is 5.29. The fourth-order valence-corrected chi connectivity index (χ4v) is 2.01. The number of hydrogen-bond acceptors (Lipinski definition) is 1. The Morgan fingerprint density at radius 1 is 1.27 bits per heavy atom. The van der Waals surface area contributed by atoms with Crippen LogP contribution in [0.5, 0.6) is 0 Å². The number of alkyl halides is 1. The van der Waals surface area contributed by atoms with Gasteiger partial charge < -0.3 is 5.32 Å². The van der Waals surface area contributed by atoms with Crippen LogP contribution in [0.25, 0.3) is 0 Å². The van der Waals surface area contributed by atoms with Gasteiger partial charge in [-0.15, -0.1) is 0 Å². The summed E-state index contributed by atoms with van der Waals surface area (Å²) < 4.78 is 0. The van der Waals surface area contributed by atoms with Crippen molar-refractivity contribution >= 4 is 15.9 Å². The standard InChI is InChI=1S/C9H18BrN/c1-9(2,3)8-5-4-7(10)6-11-8/h7-8,11H,4-6H2,1-3H3. The van der Waals surface area contributed by atoms with E-state index in [9.17, 15) is 0 Å². The van der Waals surface area contributed by atoms with Gasteiger partial charge in [0.25, 0.3) is 0 Å². The van der Waals surface area contributed by atoms with Crippen LogP contribution in [0.15, 0.2) is 0 Å². The minimum absolute atomic E-state index is 0.424. The summed E-state index contributed by atoms with van der Waals surface area (Å²) in [6.07, 6.45) is 2.62. The highest BCUT2D eigenvalue weighted by molar-refractivity contribution is 9.09. The molecule has 1 saturated heterocycles. The summed E-state index contributed by atoms with van der Waals surface area (Å²) >= 11 is 3.62. The van der Waals surface area contributed by atoms with E-state index in [0.29, 0.717) is 16.3 Å². The van der Waals surface area contributed by atoms with Crippen molar-refractivity contribution in [2.24, 2.45) is 5.41 Å². The summed E-state index contributed by atoms with van der Waals surface area (Å²) in [7, 11) is 0. The highest BCUT2D eigenvalue weighted by Gasteiger charge is 2.27. The highest BCUT2D eigenvalue weighted by Crippen LogP contribution is 2.27. The molecular formula is C9H18BrN. The lowest BCUT2D eigenvalue weighted by Crippen LogP contribution is -2.46. The molecule has 1 nitrogen and oxygen atoms in total. The van der Waals surface area contributed by atoms with Crippen molar-refractivity contribution < 1.29 is 0 Å². The topological polar surface area (TPSA) is 12.0 Å². The van der Waals surface area contributed by atoms with Gasteiger partial charge in [-0.1, -0.05) is 36.7 Å². The van der Waals surface area contributed by atoms with E-state index >= 15 is 0 Å². The molecule has 0 bridgehead atoms. The Morgan fingerprint density at radius 3 is 2.27 bits per heavy atom. The van der Waals surface area contributed by atoms with Gasteiger partial charge in [0.2, 0.25) is 0 Å².